The van der Waals surface area contributed by atoms with E-state index in [1.54, 1.807) is 0 Å². The average molecular weight is 346 g/mol. The van der Waals surface area contributed by atoms with Gasteiger partial charge in [-0.15, -0.1) is 5.10 Å². The Balaban J connectivity index is 1.53. The number of nitrogens with one attached hydrogen (secondary N) is 1. The third-order valence-corrected chi connectivity index (χ3v) is 5.07. The Bertz CT molecular complexity index is 678. The topological polar surface area (TPSA) is 75.9 Å². The molecule has 0 bridgehead atoms. The summed E-state index contributed by atoms with van der Waals surface area (Å²) in [7, 11) is 3.97. The fraction of sp³-hybridized carbons (Fsp3) is 0.500. The van der Waals surface area contributed by atoms with Crippen LogP contribution >= 0.6 is 11.8 Å². The zero-order valence-corrected chi connectivity index (χ0v) is 14.8. The fourth-order valence-electron chi connectivity index (χ4n) is 2.83. The number of rotatable bonds is 6. The van der Waals surface area contributed by atoms with Gasteiger partial charge in [-0.1, -0.05) is 24.6 Å². The van der Waals surface area contributed by atoms with Crippen LogP contribution in [0.2, 0.25) is 0 Å². The van der Waals surface area contributed by atoms with E-state index in [0.717, 1.165) is 29.4 Å². The Morgan fingerprint density at radius 3 is 2.67 bits per heavy atom. The van der Waals surface area contributed by atoms with Crippen LogP contribution in [-0.4, -0.2) is 46.0 Å². The number of benzene rings is 1. The molecule has 1 fully saturated rings. The summed E-state index contributed by atoms with van der Waals surface area (Å²) in [6, 6.07) is 8.14. The van der Waals surface area contributed by atoms with Crippen molar-refractivity contribution in [1.29, 1.82) is 0 Å². The highest BCUT2D eigenvalue weighted by Crippen LogP contribution is 2.31. The van der Waals surface area contributed by atoms with Crippen LogP contribution < -0.4 is 10.2 Å². The number of carbonyl (C=O) groups is 1. The van der Waals surface area contributed by atoms with Gasteiger partial charge in [0.2, 0.25) is 11.1 Å². The molecule has 128 valence electrons. The number of thioether (sulfide) groups is 1. The van der Waals surface area contributed by atoms with Crippen molar-refractivity contribution in [2.45, 2.75) is 36.9 Å². The summed E-state index contributed by atoms with van der Waals surface area (Å²) in [6.45, 7) is 0. The number of nitrogens with zero attached hydrogens (tertiary/aromatic N) is 5. The Kier molecular flexibility index (Phi) is 5.34. The van der Waals surface area contributed by atoms with Crippen molar-refractivity contribution in [3.05, 3.63) is 24.3 Å². The molecule has 0 unspecified atom stereocenters. The molecule has 1 aliphatic carbocycles. The Morgan fingerprint density at radius 1 is 1.29 bits per heavy atom. The number of aromatic nitrogens is 4. The van der Waals surface area contributed by atoms with Gasteiger partial charge in [-0.3, -0.25) is 4.79 Å². The number of tetrazole rings is 1. The van der Waals surface area contributed by atoms with E-state index in [9.17, 15) is 4.79 Å². The minimum atomic E-state index is -0.0569. The maximum absolute atomic E-state index is 12.1. The molecule has 1 saturated carbocycles. The second-order valence-electron chi connectivity index (χ2n) is 6.12. The quantitative estimate of drug-likeness (QED) is 0.810. The number of hydrogen-bond acceptors (Lipinski definition) is 6. The lowest BCUT2D eigenvalue weighted by Gasteiger charge is -2.13. The minimum Gasteiger partial charge on any atom is -0.378 e. The van der Waals surface area contributed by atoms with E-state index in [0.29, 0.717) is 11.8 Å². The molecular weight excluding hydrogens is 324 g/mol. The predicted octanol–water partition coefficient (Wildman–Crippen LogP) is 2.58. The van der Waals surface area contributed by atoms with Crippen LogP contribution in [0, 0.1) is 0 Å². The van der Waals surface area contributed by atoms with E-state index in [-0.39, 0.29) is 5.91 Å². The largest absolute Gasteiger partial charge is 0.378 e. The summed E-state index contributed by atoms with van der Waals surface area (Å²) < 4.78 is 1.87. The molecule has 0 aliphatic heterocycles. The standard InChI is InChI=1S/C16H22N6OS/c1-21(2)13-9-7-12(8-10-13)17-15(23)11-24-16-18-19-20-22(16)14-5-3-4-6-14/h7-10,14H,3-6,11H2,1-2H3,(H,17,23). The zero-order valence-electron chi connectivity index (χ0n) is 14.0. The average Bonchev–Trinajstić information content (AvgIpc) is 3.24. The number of anilines is 2. The molecule has 1 amide bonds. The normalized spacial score (nSPS) is 14.8. The van der Waals surface area contributed by atoms with Crippen LogP contribution in [-0.2, 0) is 4.79 Å². The van der Waals surface area contributed by atoms with Crippen LogP contribution in [0.1, 0.15) is 31.7 Å². The molecule has 1 aromatic heterocycles. The van der Waals surface area contributed by atoms with Crippen molar-refractivity contribution in [2.75, 3.05) is 30.1 Å². The lowest BCUT2D eigenvalue weighted by atomic mass is 10.2. The third kappa shape index (κ3) is 4.05. The number of hydrogen-bond donors (Lipinski definition) is 1. The fourth-order valence-corrected chi connectivity index (χ4v) is 3.57. The second-order valence-corrected chi connectivity index (χ2v) is 7.06. The van der Waals surface area contributed by atoms with Gasteiger partial charge in [0.25, 0.3) is 0 Å². The van der Waals surface area contributed by atoms with Crippen molar-refractivity contribution in [1.82, 2.24) is 20.2 Å². The maximum atomic E-state index is 12.1. The second kappa shape index (κ2) is 7.65. The Labute approximate surface area is 145 Å². The van der Waals surface area contributed by atoms with Gasteiger partial charge in [0.15, 0.2) is 0 Å². The van der Waals surface area contributed by atoms with Crippen LogP contribution in [0.15, 0.2) is 29.4 Å². The van der Waals surface area contributed by atoms with Gasteiger partial charge < -0.3 is 10.2 Å². The molecule has 3 rings (SSSR count). The SMILES string of the molecule is CN(C)c1ccc(NC(=O)CSc2nnnn2C2CCCC2)cc1. The molecule has 1 aliphatic rings. The lowest BCUT2D eigenvalue weighted by molar-refractivity contribution is -0.113. The van der Waals surface area contributed by atoms with Gasteiger partial charge >= 0.3 is 0 Å². The van der Waals surface area contributed by atoms with Crippen LogP contribution in [0.4, 0.5) is 11.4 Å². The highest BCUT2D eigenvalue weighted by Gasteiger charge is 2.22. The lowest BCUT2D eigenvalue weighted by Crippen LogP contribution is -2.15. The van der Waals surface area contributed by atoms with Gasteiger partial charge in [0.1, 0.15) is 0 Å². The van der Waals surface area contributed by atoms with Gasteiger partial charge in [0, 0.05) is 25.5 Å². The van der Waals surface area contributed by atoms with Gasteiger partial charge in [-0.05, 0) is 47.5 Å². The first-order chi connectivity index (χ1) is 11.6. The molecule has 0 radical (unpaired) electrons. The van der Waals surface area contributed by atoms with E-state index in [2.05, 4.69) is 20.8 Å². The van der Waals surface area contributed by atoms with E-state index < -0.39 is 0 Å². The molecule has 2 aromatic rings. The summed E-state index contributed by atoms with van der Waals surface area (Å²) in [6.07, 6.45) is 4.67. The molecule has 0 saturated heterocycles. The molecule has 1 heterocycles. The summed E-state index contributed by atoms with van der Waals surface area (Å²) >= 11 is 1.38. The zero-order chi connectivity index (χ0) is 16.9. The number of amides is 1. The van der Waals surface area contributed by atoms with Crippen LogP contribution in [0.25, 0.3) is 0 Å². The van der Waals surface area contributed by atoms with Gasteiger partial charge in [-0.25, -0.2) is 4.68 Å². The summed E-state index contributed by atoms with van der Waals surface area (Å²) in [5, 5.41) is 15.5. The van der Waals surface area contributed by atoms with Crippen LogP contribution in [0.3, 0.4) is 0 Å². The molecule has 8 heteroatoms. The Morgan fingerprint density at radius 2 is 2.00 bits per heavy atom. The van der Waals surface area contributed by atoms with Crippen molar-refractivity contribution >= 4 is 29.0 Å². The molecule has 7 nitrogen and oxygen atoms in total. The van der Waals surface area contributed by atoms with Gasteiger partial charge in [-0.2, -0.15) is 0 Å². The van der Waals surface area contributed by atoms with E-state index in [1.807, 2.05) is 47.9 Å². The molecule has 24 heavy (non-hydrogen) atoms. The van der Waals surface area contributed by atoms with E-state index in [1.165, 1.54) is 24.6 Å². The Hall–Kier alpha value is -2.09. The summed E-state index contributed by atoms with van der Waals surface area (Å²) in [4.78, 5) is 14.2. The third-order valence-electron chi connectivity index (χ3n) is 4.13. The minimum absolute atomic E-state index is 0.0569. The van der Waals surface area contributed by atoms with Crippen molar-refractivity contribution in [2.24, 2.45) is 0 Å². The smallest absolute Gasteiger partial charge is 0.234 e. The summed E-state index contributed by atoms with van der Waals surface area (Å²) in [5.41, 5.74) is 1.89. The monoisotopic (exact) mass is 346 g/mol. The van der Waals surface area contributed by atoms with E-state index >= 15 is 0 Å². The highest BCUT2D eigenvalue weighted by molar-refractivity contribution is 7.99. The molecule has 1 aromatic carbocycles. The summed E-state index contributed by atoms with van der Waals surface area (Å²) in [5.74, 6) is 0.237. The molecule has 0 spiro atoms. The van der Waals surface area contributed by atoms with Gasteiger partial charge in [0.05, 0.1) is 11.8 Å². The van der Waals surface area contributed by atoms with Crippen molar-refractivity contribution < 1.29 is 4.79 Å². The highest BCUT2D eigenvalue weighted by atomic mass is 32.2. The van der Waals surface area contributed by atoms with Crippen molar-refractivity contribution in [3.8, 4) is 0 Å². The van der Waals surface area contributed by atoms with Crippen LogP contribution in [0.5, 0.6) is 0 Å². The first kappa shape index (κ1) is 16.8. The first-order valence-corrected chi connectivity index (χ1v) is 9.10. The number of carbonyl (C=O) groups excluding carboxylic acids is 1. The molecule has 1 N–H and O–H groups in total. The maximum Gasteiger partial charge on any atom is 0.234 e. The molecular formula is C16H22N6OS. The predicted molar refractivity (Wildman–Crippen MR) is 95.4 cm³/mol. The first-order valence-electron chi connectivity index (χ1n) is 8.11. The molecule has 0 atom stereocenters. The van der Waals surface area contributed by atoms with Crippen molar-refractivity contribution in [3.63, 3.8) is 0 Å². The van der Waals surface area contributed by atoms with E-state index in [4.69, 9.17) is 0 Å².